The number of anilines is 2. The van der Waals surface area contributed by atoms with E-state index in [1.165, 1.54) is 17.1 Å². The Morgan fingerprint density at radius 1 is 1.42 bits per heavy atom. The number of nitrogens with zero attached hydrogens (tertiary/aromatic N) is 3. The first-order valence-electron chi connectivity index (χ1n) is 6.52. The lowest BCUT2D eigenvalue weighted by Crippen LogP contribution is -2.21. The molecule has 102 valence electrons. The van der Waals surface area contributed by atoms with E-state index >= 15 is 0 Å². The zero-order valence-corrected chi connectivity index (χ0v) is 12.4. The summed E-state index contributed by atoms with van der Waals surface area (Å²) >= 11 is 1.46. The Morgan fingerprint density at radius 2 is 2.21 bits per heavy atom. The Bertz CT molecular complexity index is 538. The van der Waals surface area contributed by atoms with Gasteiger partial charge in [0.1, 0.15) is 5.82 Å². The van der Waals surface area contributed by atoms with Gasteiger partial charge in [0.15, 0.2) is 0 Å². The monoisotopic (exact) mass is 276 g/mol. The Labute approximate surface area is 118 Å². The number of benzene rings is 1. The highest BCUT2D eigenvalue weighted by Crippen LogP contribution is 2.27. The molecule has 1 atom stereocenters. The number of nitrogens with two attached hydrogens (primary N) is 1. The van der Waals surface area contributed by atoms with Crippen molar-refractivity contribution in [2.45, 2.75) is 32.7 Å². The van der Waals surface area contributed by atoms with E-state index in [1.807, 2.05) is 25.2 Å². The molecule has 2 aromatic rings. The molecule has 0 aliphatic carbocycles. The van der Waals surface area contributed by atoms with Gasteiger partial charge in [0.25, 0.3) is 0 Å². The van der Waals surface area contributed by atoms with Gasteiger partial charge in [-0.1, -0.05) is 19.1 Å². The zero-order valence-electron chi connectivity index (χ0n) is 11.6. The molecule has 1 aromatic carbocycles. The second-order valence-corrected chi connectivity index (χ2v) is 5.43. The number of hydrogen-bond donors (Lipinski definition) is 1. The first kappa shape index (κ1) is 13.8. The number of rotatable bonds is 5. The van der Waals surface area contributed by atoms with Crippen molar-refractivity contribution in [3.63, 3.8) is 0 Å². The average Bonchev–Trinajstić information content (AvgIpc) is 2.86. The highest BCUT2D eigenvalue weighted by Gasteiger charge is 2.16. The average molecular weight is 276 g/mol. The van der Waals surface area contributed by atoms with Crippen LogP contribution in [0.25, 0.3) is 0 Å². The molecule has 0 aliphatic rings. The summed E-state index contributed by atoms with van der Waals surface area (Å²) in [5.41, 5.74) is 7.82. The van der Waals surface area contributed by atoms with E-state index in [0.717, 1.165) is 29.5 Å². The minimum Gasteiger partial charge on any atom is -0.399 e. The van der Waals surface area contributed by atoms with Gasteiger partial charge >= 0.3 is 0 Å². The molecule has 0 amide bonds. The fraction of sp³-hybridized carbons (Fsp3) is 0.429. The standard InChI is InChI=1S/C14H20N4S/c1-4-6-13-16-14(19-17-13)18(3)10(2)11-7-5-8-12(15)9-11/h5,7-10H,4,6,15H2,1-3H3. The largest absolute Gasteiger partial charge is 0.399 e. The van der Waals surface area contributed by atoms with Gasteiger partial charge in [-0.25, -0.2) is 4.98 Å². The molecule has 0 radical (unpaired) electrons. The summed E-state index contributed by atoms with van der Waals surface area (Å²) in [4.78, 5) is 6.72. The number of aryl methyl sites for hydroxylation is 1. The lowest BCUT2D eigenvalue weighted by atomic mass is 10.1. The third kappa shape index (κ3) is 3.23. The van der Waals surface area contributed by atoms with Crippen molar-refractivity contribution in [3.05, 3.63) is 35.7 Å². The van der Waals surface area contributed by atoms with Gasteiger partial charge in [0.05, 0.1) is 6.04 Å². The number of hydrogen-bond acceptors (Lipinski definition) is 5. The Hall–Kier alpha value is -1.62. The SMILES string of the molecule is CCCc1nsc(N(C)C(C)c2cccc(N)c2)n1. The van der Waals surface area contributed by atoms with Crippen molar-refractivity contribution in [1.82, 2.24) is 9.36 Å². The maximum atomic E-state index is 5.84. The number of nitrogen functional groups attached to an aromatic ring is 1. The maximum absolute atomic E-state index is 5.84. The van der Waals surface area contributed by atoms with Crippen LogP contribution in [0.1, 0.15) is 37.7 Å². The van der Waals surface area contributed by atoms with Gasteiger partial charge in [-0.2, -0.15) is 4.37 Å². The summed E-state index contributed by atoms with van der Waals surface area (Å²) in [7, 11) is 2.05. The second kappa shape index (κ2) is 6.02. The third-order valence-electron chi connectivity index (χ3n) is 3.21. The molecule has 0 saturated heterocycles. The van der Waals surface area contributed by atoms with E-state index in [2.05, 4.69) is 34.2 Å². The highest BCUT2D eigenvalue weighted by atomic mass is 32.1. The zero-order chi connectivity index (χ0) is 13.8. The molecule has 2 N–H and O–H groups in total. The van der Waals surface area contributed by atoms with Crippen LogP contribution in [0, 0.1) is 0 Å². The normalized spacial score (nSPS) is 12.4. The van der Waals surface area contributed by atoms with Crippen molar-refractivity contribution < 1.29 is 0 Å². The van der Waals surface area contributed by atoms with Crippen LogP contribution in [-0.4, -0.2) is 16.4 Å². The lowest BCUT2D eigenvalue weighted by Gasteiger charge is -2.24. The fourth-order valence-corrected chi connectivity index (χ4v) is 2.67. The van der Waals surface area contributed by atoms with E-state index in [-0.39, 0.29) is 6.04 Å². The Kier molecular flexibility index (Phi) is 4.37. The summed E-state index contributed by atoms with van der Waals surface area (Å²) in [6, 6.07) is 8.21. The van der Waals surface area contributed by atoms with Crippen LogP contribution >= 0.6 is 11.5 Å². The van der Waals surface area contributed by atoms with Crippen LogP contribution in [0.3, 0.4) is 0 Å². The second-order valence-electron chi connectivity index (χ2n) is 4.70. The summed E-state index contributed by atoms with van der Waals surface area (Å²) < 4.78 is 4.38. The van der Waals surface area contributed by atoms with Crippen LogP contribution < -0.4 is 10.6 Å². The molecular weight excluding hydrogens is 256 g/mol. The van der Waals surface area contributed by atoms with Crippen molar-refractivity contribution in [3.8, 4) is 0 Å². The topological polar surface area (TPSA) is 55.0 Å². The maximum Gasteiger partial charge on any atom is 0.205 e. The van der Waals surface area contributed by atoms with E-state index in [0.29, 0.717) is 0 Å². The molecule has 1 unspecified atom stereocenters. The van der Waals surface area contributed by atoms with E-state index < -0.39 is 0 Å². The molecule has 0 bridgehead atoms. The van der Waals surface area contributed by atoms with Crippen LogP contribution in [0.2, 0.25) is 0 Å². The predicted molar refractivity (Wildman–Crippen MR) is 81.6 cm³/mol. The summed E-state index contributed by atoms with van der Waals surface area (Å²) in [5.74, 6) is 0.939. The molecule has 4 nitrogen and oxygen atoms in total. The molecule has 0 saturated carbocycles. The van der Waals surface area contributed by atoms with E-state index in [1.54, 1.807) is 0 Å². The molecule has 19 heavy (non-hydrogen) atoms. The van der Waals surface area contributed by atoms with E-state index in [4.69, 9.17) is 5.73 Å². The van der Waals surface area contributed by atoms with E-state index in [9.17, 15) is 0 Å². The first-order chi connectivity index (χ1) is 9.11. The van der Waals surface area contributed by atoms with Crippen molar-refractivity contribution in [1.29, 1.82) is 0 Å². The predicted octanol–water partition coefficient (Wildman–Crippen LogP) is 3.27. The van der Waals surface area contributed by atoms with Crippen LogP contribution in [0.5, 0.6) is 0 Å². The van der Waals surface area contributed by atoms with Crippen LogP contribution in [0.4, 0.5) is 10.8 Å². The third-order valence-corrected chi connectivity index (χ3v) is 4.05. The quantitative estimate of drug-likeness (QED) is 0.852. The van der Waals surface area contributed by atoms with Gasteiger partial charge in [-0.05, 0) is 31.0 Å². The molecule has 1 heterocycles. The molecule has 0 fully saturated rings. The molecule has 0 spiro atoms. The molecule has 5 heteroatoms. The molecule has 1 aromatic heterocycles. The van der Waals surface area contributed by atoms with Crippen molar-refractivity contribution >= 4 is 22.4 Å². The van der Waals surface area contributed by atoms with Gasteiger partial charge in [-0.15, -0.1) is 0 Å². The fourth-order valence-electron chi connectivity index (χ4n) is 1.92. The van der Waals surface area contributed by atoms with Crippen LogP contribution in [-0.2, 0) is 6.42 Å². The summed E-state index contributed by atoms with van der Waals surface area (Å²) in [6.45, 7) is 4.29. The summed E-state index contributed by atoms with van der Waals surface area (Å²) in [6.07, 6.45) is 2.02. The smallest absolute Gasteiger partial charge is 0.205 e. The Balaban J connectivity index is 2.15. The van der Waals surface area contributed by atoms with Gasteiger partial charge in [0, 0.05) is 30.7 Å². The van der Waals surface area contributed by atoms with Crippen molar-refractivity contribution in [2.75, 3.05) is 17.7 Å². The van der Waals surface area contributed by atoms with Crippen molar-refractivity contribution in [2.24, 2.45) is 0 Å². The lowest BCUT2D eigenvalue weighted by molar-refractivity contribution is 0.733. The molecule has 2 rings (SSSR count). The van der Waals surface area contributed by atoms with Crippen LogP contribution in [0.15, 0.2) is 24.3 Å². The first-order valence-corrected chi connectivity index (χ1v) is 7.30. The molecular formula is C14H20N4S. The minimum absolute atomic E-state index is 0.228. The number of aromatic nitrogens is 2. The van der Waals surface area contributed by atoms with Gasteiger partial charge in [0.2, 0.25) is 5.13 Å². The van der Waals surface area contributed by atoms with Gasteiger partial charge < -0.3 is 10.6 Å². The molecule has 0 aliphatic heterocycles. The highest BCUT2D eigenvalue weighted by molar-refractivity contribution is 7.09. The summed E-state index contributed by atoms with van der Waals surface area (Å²) in [5, 5.41) is 0.957. The Morgan fingerprint density at radius 3 is 2.89 bits per heavy atom. The van der Waals surface area contributed by atoms with Gasteiger partial charge in [-0.3, -0.25) is 0 Å². The minimum atomic E-state index is 0.228.